The van der Waals surface area contributed by atoms with Crippen molar-refractivity contribution in [3.8, 4) is 11.4 Å². The third kappa shape index (κ3) is 5.28. The Labute approximate surface area is 199 Å². The summed E-state index contributed by atoms with van der Waals surface area (Å²) in [5, 5.41) is 6.63. The van der Waals surface area contributed by atoms with Crippen LogP contribution in [0.4, 0.5) is 5.69 Å². The molecule has 1 N–H and O–H groups in total. The van der Waals surface area contributed by atoms with E-state index >= 15 is 0 Å². The lowest BCUT2D eigenvalue weighted by molar-refractivity contribution is 0.0907. The SMILES string of the molecule is CC1CCN(S(=O)(=O)c2ccc(-c3noc(C(=O)NCc4ccc(N(C)C)cc4)n3)cc2)CC1. The minimum absolute atomic E-state index is 0.154. The number of nitrogens with one attached hydrogen (secondary N) is 1. The van der Waals surface area contributed by atoms with Crippen molar-refractivity contribution in [1.82, 2.24) is 19.8 Å². The van der Waals surface area contributed by atoms with E-state index in [0.29, 0.717) is 31.1 Å². The van der Waals surface area contributed by atoms with E-state index in [1.807, 2.05) is 43.3 Å². The van der Waals surface area contributed by atoms with Gasteiger partial charge >= 0.3 is 11.8 Å². The first-order valence-corrected chi connectivity index (χ1v) is 12.7. The van der Waals surface area contributed by atoms with Gasteiger partial charge in [-0.05, 0) is 60.7 Å². The van der Waals surface area contributed by atoms with Crippen LogP contribution in [-0.2, 0) is 16.6 Å². The predicted molar refractivity (Wildman–Crippen MR) is 129 cm³/mol. The zero-order chi connectivity index (χ0) is 24.3. The number of piperidine rings is 1. The lowest BCUT2D eigenvalue weighted by Gasteiger charge is -2.29. The number of rotatable bonds is 7. The van der Waals surface area contributed by atoms with Crippen molar-refractivity contribution in [2.45, 2.75) is 31.2 Å². The third-order valence-corrected chi connectivity index (χ3v) is 7.93. The van der Waals surface area contributed by atoms with Crippen molar-refractivity contribution < 1.29 is 17.7 Å². The second-order valence-electron chi connectivity index (χ2n) is 8.78. The lowest BCUT2D eigenvalue weighted by Crippen LogP contribution is -2.37. The molecule has 2 heterocycles. The second kappa shape index (κ2) is 9.94. The topological polar surface area (TPSA) is 109 Å². The summed E-state index contributed by atoms with van der Waals surface area (Å²) in [6, 6.07) is 14.1. The van der Waals surface area contributed by atoms with E-state index < -0.39 is 15.9 Å². The van der Waals surface area contributed by atoms with Crippen LogP contribution in [0.25, 0.3) is 11.4 Å². The number of aromatic nitrogens is 2. The van der Waals surface area contributed by atoms with E-state index in [1.165, 1.54) is 16.4 Å². The van der Waals surface area contributed by atoms with Crippen LogP contribution in [-0.4, -0.2) is 56.0 Å². The molecule has 0 bridgehead atoms. The van der Waals surface area contributed by atoms with E-state index in [9.17, 15) is 13.2 Å². The largest absolute Gasteiger partial charge is 0.378 e. The van der Waals surface area contributed by atoms with Gasteiger partial charge in [0.2, 0.25) is 15.8 Å². The summed E-state index contributed by atoms with van der Waals surface area (Å²) in [6.07, 6.45) is 1.73. The van der Waals surface area contributed by atoms with Gasteiger partial charge in [0.25, 0.3) is 0 Å². The van der Waals surface area contributed by atoms with Crippen LogP contribution in [0.1, 0.15) is 36.0 Å². The Hall–Kier alpha value is -3.24. The van der Waals surface area contributed by atoms with Crippen molar-refractivity contribution in [3.05, 3.63) is 60.0 Å². The number of hydrogen-bond acceptors (Lipinski definition) is 7. The maximum atomic E-state index is 12.9. The van der Waals surface area contributed by atoms with Crippen LogP contribution >= 0.6 is 0 Å². The quantitative estimate of drug-likeness (QED) is 0.550. The summed E-state index contributed by atoms with van der Waals surface area (Å²) in [4.78, 5) is 18.8. The third-order valence-electron chi connectivity index (χ3n) is 6.02. The highest BCUT2D eigenvalue weighted by Crippen LogP contribution is 2.25. The molecule has 34 heavy (non-hydrogen) atoms. The molecule has 0 unspecified atom stereocenters. The number of nitrogens with zero attached hydrogens (tertiary/aromatic N) is 4. The van der Waals surface area contributed by atoms with Crippen LogP contribution in [0.2, 0.25) is 0 Å². The molecule has 10 heteroatoms. The fourth-order valence-electron chi connectivity index (χ4n) is 3.75. The minimum atomic E-state index is -3.53. The number of carbonyl (C=O) groups is 1. The first-order valence-electron chi connectivity index (χ1n) is 11.2. The molecule has 3 aromatic rings. The van der Waals surface area contributed by atoms with Crippen molar-refractivity contribution >= 4 is 21.6 Å². The maximum Gasteiger partial charge on any atom is 0.316 e. The summed E-state index contributed by atoms with van der Waals surface area (Å²) in [5.74, 6) is 0.131. The molecule has 0 atom stereocenters. The van der Waals surface area contributed by atoms with Gasteiger partial charge in [0.05, 0.1) is 4.90 Å². The standard InChI is InChI=1S/C24H29N5O4S/c1-17-12-14-29(15-13-17)34(31,32)21-10-6-19(7-11-21)22-26-24(33-27-22)23(30)25-16-18-4-8-20(9-5-18)28(2)3/h4-11,17H,12-16H2,1-3H3,(H,25,30). The van der Waals surface area contributed by atoms with Gasteiger partial charge in [0.15, 0.2) is 0 Å². The van der Waals surface area contributed by atoms with Crippen LogP contribution in [0, 0.1) is 5.92 Å². The van der Waals surface area contributed by atoms with Crippen molar-refractivity contribution in [2.75, 3.05) is 32.1 Å². The molecule has 1 fully saturated rings. The maximum absolute atomic E-state index is 12.9. The van der Waals surface area contributed by atoms with Gasteiger partial charge in [0.1, 0.15) is 0 Å². The highest BCUT2D eigenvalue weighted by atomic mass is 32.2. The Morgan fingerprint density at radius 1 is 1.09 bits per heavy atom. The molecule has 180 valence electrons. The zero-order valence-corrected chi connectivity index (χ0v) is 20.4. The van der Waals surface area contributed by atoms with E-state index in [-0.39, 0.29) is 16.6 Å². The minimum Gasteiger partial charge on any atom is -0.378 e. The fourth-order valence-corrected chi connectivity index (χ4v) is 5.22. The predicted octanol–water partition coefficient (Wildman–Crippen LogP) is 3.15. The fraction of sp³-hybridized carbons (Fsp3) is 0.375. The van der Waals surface area contributed by atoms with E-state index in [0.717, 1.165) is 24.1 Å². The van der Waals surface area contributed by atoms with Crippen LogP contribution in [0.3, 0.4) is 0 Å². The lowest BCUT2D eigenvalue weighted by atomic mass is 10.0. The number of amides is 1. The summed E-state index contributed by atoms with van der Waals surface area (Å²) in [7, 11) is 0.396. The van der Waals surface area contributed by atoms with E-state index in [2.05, 4.69) is 22.4 Å². The van der Waals surface area contributed by atoms with Gasteiger partial charge in [-0.2, -0.15) is 9.29 Å². The van der Waals surface area contributed by atoms with Crippen molar-refractivity contribution in [2.24, 2.45) is 5.92 Å². The van der Waals surface area contributed by atoms with Crippen LogP contribution in [0.5, 0.6) is 0 Å². The summed E-state index contributed by atoms with van der Waals surface area (Å²) >= 11 is 0. The average molecular weight is 484 g/mol. The van der Waals surface area contributed by atoms with Gasteiger partial charge < -0.3 is 14.7 Å². The number of carbonyl (C=O) groups excluding carboxylic acids is 1. The second-order valence-corrected chi connectivity index (χ2v) is 10.7. The molecular formula is C24H29N5O4S. The van der Waals surface area contributed by atoms with Gasteiger partial charge in [-0.3, -0.25) is 4.79 Å². The number of benzene rings is 2. The summed E-state index contributed by atoms with van der Waals surface area (Å²) < 4.78 is 32.4. The highest BCUT2D eigenvalue weighted by Gasteiger charge is 2.28. The van der Waals surface area contributed by atoms with E-state index in [4.69, 9.17) is 4.52 Å². The zero-order valence-electron chi connectivity index (χ0n) is 19.6. The molecule has 0 aliphatic carbocycles. The Balaban J connectivity index is 1.39. The molecule has 1 amide bonds. The molecule has 2 aromatic carbocycles. The number of sulfonamides is 1. The summed E-state index contributed by atoms with van der Waals surface area (Å²) in [6.45, 7) is 3.54. The Morgan fingerprint density at radius 3 is 2.35 bits per heavy atom. The Bertz CT molecular complexity index is 1230. The van der Waals surface area contributed by atoms with Gasteiger partial charge in [-0.25, -0.2) is 8.42 Å². The first-order chi connectivity index (χ1) is 16.2. The van der Waals surface area contributed by atoms with Crippen molar-refractivity contribution in [3.63, 3.8) is 0 Å². The average Bonchev–Trinajstić information content (AvgIpc) is 3.34. The van der Waals surface area contributed by atoms with E-state index in [1.54, 1.807) is 12.1 Å². The van der Waals surface area contributed by atoms with Gasteiger partial charge in [0, 0.05) is 45.0 Å². The van der Waals surface area contributed by atoms with Crippen LogP contribution < -0.4 is 10.2 Å². The Kier molecular flexibility index (Phi) is 6.99. The molecule has 0 saturated carbocycles. The van der Waals surface area contributed by atoms with Crippen LogP contribution in [0.15, 0.2) is 57.9 Å². The normalized spacial score (nSPS) is 15.3. The summed E-state index contributed by atoms with van der Waals surface area (Å²) in [5.41, 5.74) is 2.58. The molecular weight excluding hydrogens is 454 g/mol. The molecule has 1 aliphatic heterocycles. The smallest absolute Gasteiger partial charge is 0.316 e. The number of hydrogen-bond donors (Lipinski definition) is 1. The van der Waals surface area contributed by atoms with Gasteiger partial charge in [-0.1, -0.05) is 24.2 Å². The number of anilines is 1. The monoisotopic (exact) mass is 483 g/mol. The molecule has 0 radical (unpaired) electrons. The Morgan fingerprint density at radius 2 is 1.74 bits per heavy atom. The molecule has 1 aromatic heterocycles. The molecule has 1 saturated heterocycles. The molecule has 0 spiro atoms. The molecule has 9 nitrogen and oxygen atoms in total. The van der Waals surface area contributed by atoms with Crippen molar-refractivity contribution in [1.29, 1.82) is 0 Å². The molecule has 1 aliphatic rings. The first kappa shape index (κ1) is 23.9. The molecule has 4 rings (SSSR count). The van der Waals surface area contributed by atoms with Gasteiger partial charge in [-0.15, -0.1) is 0 Å². The highest BCUT2D eigenvalue weighted by molar-refractivity contribution is 7.89.